The van der Waals surface area contributed by atoms with Crippen LogP contribution in [-0.4, -0.2) is 42.0 Å². The number of rotatable bonds is 3. The zero-order valence-corrected chi connectivity index (χ0v) is 16.1. The van der Waals surface area contributed by atoms with Crippen LogP contribution in [0.3, 0.4) is 0 Å². The number of aryl methyl sites for hydroxylation is 1. The summed E-state index contributed by atoms with van der Waals surface area (Å²) in [4.78, 5) is 16.3. The normalized spacial score (nSPS) is 15.5. The summed E-state index contributed by atoms with van der Waals surface area (Å²) in [5, 5.41) is 2.57. The third kappa shape index (κ3) is 5.17. The molecule has 0 aromatic heterocycles. The minimum Gasteiger partial charge on any atom is -0.322 e. The molecule has 0 saturated carbocycles. The van der Waals surface area contributed by atoms with Crippen molar-refractivity contribution in [3.05, 3.63) is 64.2 Å². The molecule has 2 amide bonds. The van der Waals surface area contributed by atoms with Crippen molar-refractivity contribution >= 4 is 23.3 Å². The van der Waals surface area contributed by atoms with Crippen LogP contribution in [0, 0.1) is 6.92 Å². The number of carbonyl (C=O) groups is 1. The van der Waals surface area contributed by atoms with Gasteiger partial charge in [0.2, 0.25) is 0 Å². The van der Waals surface area contributed by atoms with E-state index in [1.165, 1.54) is 11.1 Å². The molecule has 150 valence electrons. The summed E-state index contributed by atoms with van der Waals surface area (Å²) in [7, 11) is 0. The van der Waals surface area contributed by atoms with Crippen LogP contribution in [0.4, 0.5) is 23.7 Å². The van der Waals surface area contributed by atoms with Crippen LogP contribution in [0.5, 0.6) is 0 Å². The Morgan fingerprint density at radius 1 is 1.11 bits per heavy atom. The molecule has 0 bridgehead atoms. The number of carbonyl (C=O) groups excluding carboxylic acids is 1. The molecule has 28 heavy (non-hydrogen) atoms. The van der Waals surface area contributed by atoms with E-state index in [9.17, 15) is 18.0 Å². The molecule has 1 fully saturated rings. The van der Waals surface area contributed by atoms with Crippen molar-refractivity contribution in [1.29, 1.82) is 0 Å². The van der Waals surface area contributed by atoms with E-state index in [-0.39, 0.29) is 10.7 Å². The molecule has 1 aliphatic heterocycles. The Labute approximate surface area is 166 Å². The number of benzene rings is 2. The molecule has 1 N–H and O–H groups in total. The lowest BCUT2D eigenvalue weighted by molar-refractivity contribution is -0.137. The smallest absolute Gasteiger partial charge is 0.322 e. The summed E-state index contributed by atoms with van der Waals surface area (Å²) in [5.41, 5.74) is 1.53. The maximum absolute atomic E-state index is 12.9. The van der Waals surface area contributed by atoms with Crippen LogP contribution in [0.25, 0.3) is 0 Å². The number of hydrogen-bond acceptors (Lipinski definition) is 2. The minimum atomic E-state index is -4.49. The van der Waals surface area contributed by atoms with E-state index >= 15 is 0 Å². The van der Waals surface area contributed by atoms with Gasteiger partial charge in [-0.1, -0.05) is 41.4 Å². The lowest BCUT2D eigenvalue weighted by atomic mass is 10.1. The predicted octanol–water partition coefficient (Wildman–Crippen LogP) is 5.02. The van der Waals surface area contributed by atoms with Crippen molar-refractivity contribution in [1.82, 2.24) is 9.80 Å². The summed E-state index contributed by atoms with van der Waals surface area (Å²) < 4.78 is 38.6. The van der Waals surface area contributed by atoms with Crippen LogP contribution in [0.2, 0.25) is 5.02 Å². The van der Waals surface area contributed by atoms with Gasteiger partial charge >= 0.3 is 12.2 Å². The highest BCUT2D eigenvalue weighted by Crippen LogP contribution is 2.33. The quantitative estimate of drug-likeness (QED) is 0.770. The molecule has 0 unspecified atom stereocenters. The molecule has 1 aliphatic rings. The van der Waals surface area contributed by atoms with Gasteiger partial charge < -0.3 is 10.2 Å². The molecule has 8 heteroatoms. The molecule has 4 nitrogen and oxygen atoms in total. The third-order valence-electron chi connectivity index (χ3n) is 4.68. The van der Waals surface area contributed by atoms with Gasteiger partial charge in [-0.15, -0.1) is 0 Å². The van der Waals surface area contributed by atoms with Gasteiger partial charge in [-0.05, 0) is 30.7 Å². The van der Waals surface area contributed by atoms with Crippen LogP contribution >= 0.6 is 11.6 Å². The van der Waals surface area contributed by atoms with Gasteiger partial charge in [0.15, 0.2) is 0 Å². The van der Waals surface area contributed by atoms with Gasteiger partial charge in [0.05, 0.1) is 16.3 Å². The van der Waals surface area contributed by atoms with E-state index in [2.05, 4.69) is 22.3 Å². The fourth-order valence-corrected chi connectivity index (χ4v) is 3.33. The van der Waals surface area contributed by atoms with Crippen molar-refractivity contribution < 1.29 is 18.0 Å². The first kappa shape index (κ1) is 20.5. The molecule has 3 rings (SSSR count). The topological polar surface area (TPSA) is 35.6 Å². The average Bonchev–Trinajstić information content (AvgIpc) is 2.63. The van der Waals surface area contributed by atoms with Crippen molar-refractivity contribution in [2.75, 3.05) is 31.5 Å². The fourth-order valence-electron chi connectivity index (χ4n) is 3.17. The molecule has 0 radical (unpaired) electrons. The fraction of sp³-hybridized carbons (Fsp3) is 0.350. The Balaban J connectivity index is 1.57. The Morgan fingerprint density at radius 2 is 1.82 bits per heavy atom. The molecular weight excluding hydrogens is 391 g/mol. The second-order valence-corrected chi connectivity index (χ2v) is 7.28. The largest absolute Gasteiger partial charge is 0.416 e. The maximum atomic E-state index is 12.9. The zero-order chi connectivity index (χ0) is 20.3. The first-order valence-electron chi connectivity index (χ1n) is 8.93. The van der Waals surface area contributed by atoms with Crippen molar-refractivity contribution in [3.8, 4) is 0 Å². The number of anilines is 1. The van der Waals surface area contributed by atoms with Crippen LogP contribution < -0.4 is 5.32 Å². The van der Waals surface area contributed by atoms with Gasteiger partial charge in [0.1, 0.15) is 0 Å². The van der Waals surface area contributed by atoms with Crippen LogP contribution in [0.1, 0.15) is 16.7 Å². The number of halogens is 4. The molecule has 2 aromatic carbocycles. The molecule has 1 heterocycles. The lowest BCUT2D eigenvalue weighted by Gasteiger charge is -2.34. The monoisotopic (exact) mass is 411 g/mol. The molecule has 0 spiro atoms. The highest BCUT2D eigenvalue weighted by molar-refractivity contribution is 6.33. The molecule has 0 atom stereocenters. The third-order valence-corrected chi connectivity index (χ3v) is 5.01. The van der Waals surface area contributed by atoms with Crippen molar-refractivity contribution in [3.63, 3.8) is 0 Å². The number of amides is 2. The predicted molar refractivity (Wildman–Crippen MR) is 104 cm³/mol. The summed E-state index contributed by atoms with van der Waals surface area (Å²) in [6.45, 7) is 5.22. The van der Waals surface area contributed by atoms with Gasteiger partial charge in [-0.25, -0.2) is 4.79 Å². The maximum Gasteiger partial charge on any atom is 0.416 e. The number of piperazine rings is 1. The molecule has 1 saturated heterocycles. The highest BCUT2D eigenvalue weighted by Gasteiger charge is 2.31. The molecule has 0 aliphatic carbocycles. The van der Waals surface area contributed by atoms with E-state index in [0.717, 1.165) is 24.7 Å². The average molecular weight is 412 g/mol. The number of nitrogens with one attached hydrogen (secondary N) is 1. The molecular formula is C20H21ClF3N3O. The number of hydrogen-bond donors (Lipinski definition) is 1. The Morgan fingerprint density at radius 3 is 2.46 bits per heavy atom. The highest BCUT2D eigenvalue weighted by atomic mass is 35.5. The van der Waals surface area contributed by atoms with Crippen molar-refractivity contribution in [2.45, 2.75) is 19.6 Å². The van der Waals surface area contributed by atoms with E-state index in [4.69, 9.17) is 11.6 Å². The first-order valence-corrected chi connectivity index (χ1v) is 9.31. The van der Waals surface area contributed by atoms with Gasteiger partial charge in [-0.2, -0.15) is 13.2 Å². The van der Waals surface area contributed by atoms with Gasteiger partial charge in [0.25, 0.3) is 0 Å². The first-order chi connectivity index (χ1) is 13.2. The summed E-state index contributed by atoms with van der Waals surface area (Å²) in [5.74, 6) is 0. The Kier molecular flexibility index (Phi) is 6.15. The second kappa shape index (κ2) is 8.41. The van der Waals surface area contributed by atoms with Crippen LogP contribution in [0.15, 0.2) is 42.5 Å². The van der Waals surface area contributed by atoms with E-state index in [1.54, 1.807) is 4.90 Å². The summed E-state index contributed by atoms with van der Waals surface area (Å²) >= 11 is 5.95. The van der Waals surface area contributed by atoms with E-state index in [1.807, 2.05) is 19.1 Å². The Hall–Kier alpha value is -2.25. The number of urea groups is 1. The molecule has 2 aromatic rings. The SMILES string of the molecule is Cc1cccc(CN2CCN(C(=O)Nc3cc(C(F)(F)F)ccc3Cl)CC2)c1. The standard InChI is InChI=1S/C20H21ClF3N3O/c1-14-3-2-4-15(11-14)13-26-7-9-27(10-8-26)19(28)25-18-12-16(20(22,23)24)5-6-17(18)21/h2-6,11-12H,7-10,13H2,1H3,(H,25,28). The van der Waals surface area contributed by atoms with Crippen molar-refractivity contribution in [2.24, 2.45) is 0 Å². The summed E-state index contributed by atoms with van der Waals surface area (Å²) in [6.07, 6.45) is -4.49. The second-order valence-electron chi connectivity index (χ2n) is 6.87. The van der Waals surface area contributed by atoms with E-state index < -0.39 is 17.8 Å². The zero-order valence-electron chi connectivity index (χ0n) is 15.4. The number of alkyl halides is 3. The van der Waals surface area contributed by atoms with Gasteiger partial charge in [0, 0.05) is 32.7 Å². The minimum absolute atomic E-state index is 0.0383. The summed E-state index contributed by atoms with van der Waals surface area (Å²) in [6, 6.07) is 10.7. The van der Waals surface area contributed by atoms with E-state index in [0.29, 0.717) is 26.2 Å². The van der Waals surface area contributed by atoms with Crippen LogP contribution in [-0.2, 0) is 12.7 Å². The Bertz CT molecular complexity index is 849. The number of nitrogens with zero attached hydrogens (tertiary/aromatic N) is 2. The van der Waals surface area contributed by atoms with Gasteiger partial charge in [-0.3, -0.25) is 4.90 Å². The lowest BCUT2D eigenvalue weighted by Crippen LogP contribution is -2.49.